The Morgan fingerprint density at radius 1 is 1.17 bits per heavy atom. The molecule has 0 atom stereocenters. The van der Waals surface area contributed by atoms with E-state index >= 15 is 0 Å². The van der Waals surface area contributed by atoms with Gasteiger partial charge in [0.25, 0.3) is 0 Å². The number of carbonyl (C=O) groups excluding carboxylic acids is 1. The van der Waals surface area contributed by atoms with Crippen molar-refractivity contribution in [1.82, 2.24) is 25.3 Å². The Kier molecular flexibility index (Phi) is 7.30. The van der Waals surface area contributed by atoms with Gasteiger partial charge in [0.15, 0.2) is 5.82 Å². The van der Waals surface area contributed by atoms with Gasteiger partial charge in [-0.1, -0.05) is 36.9 Å². The highest BCUT2D eigenvalue weighted by Gasteiger charge is 2.59. The Balaban J connectivity index is 1.59. The van der Waals surface area contributed by atoms with Crippen LogP contribution in [0.3, 0.4) is 0 Å². The first-order valence-corrected chi connectivity index (χ1v) is 11.6. The van der Waals surface area contributed by atoms with Gasteiger partial charge in [0.05, 0.1) is 12.1 Å². The van der Waals surface area contributed by atoms with Crippen molar-refractivity contribution in [2.24, 2.45) is 5.41 Å². The first-order chi connectivity index (χ1) is 17.1. The lowest BCUT2D eigenvalue weighted by Crippen LogP contribution is -2.51. The fourth-order valence-corrected chi connectivity index (χ4v) is 4.49. The van der Waals surface area contributed by atoms with Crippen molar-refractivity contribution in [3.8, 4) is 28.7 Å². The molecule has 12 heteroatoms. The SMILES string of the molecule is COc1ccc(-c2nc(-c3cc(CNC(=O)C4(C(F)(F)F)CCCCC4)ccc3Cl)[nH]c(=O)n2)cn1. The quantitative estimate of drug-likeness (QED) is 0.487. The molecule has 1 aliphatic carbocycles. The average Bonchev–Trinajstić information content (AvgIpc) is 2.87. The number of pyridine rings is 1. The van der Waals surface area contributed by atoms with Crippen LogP contribution in [0.1, 0.15) is 37.7 Å². The molecule has 190 valence electrons. The summed E-state index contributed by atoms with van der Waals surface area (Å²) in [5, 5.41) is 2.69. The van der Waals surface area contributed by atoms with Gasteiger partial charge in [0.1, 0.15) is 11.2 Å². The highest BCUT2D eigenvalue weighted by atomic mass is 35.5. The first kappa shape index (κ1) is 25.6. The predicted molar refractivity (Wildman–Crippen MR) is 126 cm³/mol. The van der Waals surface area contributed by atoms with Crippen molar-refractivity contribution in [2.75, 3.05) is 7.11 Å². The van der Waals surface area contributed by atoms with Gasteiger partial charge in [-0.3, -0.25) is 9.78 Å². The minimum absolute atomic E-state index is 0.100. The maximum atomic E-state index is 13.8. The maximum Gasteiger partial charge on any atom is 0.403 e. The monoisotopic (exact) mass is 521 g/mol. The standard InChI is InChI=1S/C24H23ClF3N5O3/c1-36-18-8-6-15(13-29-18)19-31-20(33-22(35)32-19)16-11-14(5-7-17(16)25)12-30-21(34)23(24(26,27)28)9-3-2-4-10-23/h5-8,11,13H,2-4,9-10,12H2,1H3,(H,30,34)(H,31,32,33,35). The van der Waals surface area contributed by atoms with E-state index in [0.29, 0.717) is 41.8 Å². The number of amides is 1. The molecule has 0 aliphatic heterocycles. The van der Waals surface area contributed by atoms with Gasteiger partial charge in [-0.25, -0.2) is 14.8 Å². The summed E-state index contributed by atoms with van der Waals surface area (Å²) >= 11 is 6.34. The third-order valence-electron chi connectivity index (χ3n) is 6.28. The van der Waals surface area contributed by atoms with Gasteiger partial charge < -0.3 is 10.1 Å². The molecule has 8 nitrogen and oxygen atoms in total. The van der Waals surface area contributed by atoms with Crippen molar-refractivity contribution in [2.45, 2.75) is 44.8 Å². The number of carbonyl (C=O) groups is 1. The lowest BCUT2D eigenvalue weighted by molar-refractivity contribution is -0.230. The van der Waals surface area contributed by atoms with E-state index in [4.69, 9.17) is 16.3 Å². The Hall–Kier alpha value is -3.47. The number of aromatic nitrogens is 4. The normalized spacial score (nSPS) is 15.4. The minimum Gasteiger partial charge on any atom is -0.481 e. The number of H-pyrrole nitrogens is 1. The molecule has 1 fully saturated rings. The number of alkyl halides is 3. The van der Waals surface area contributed by atoms with Gasteiger partial charge in [0, 0.05) is 29.9 Å². The molecule has 2 aromatic heterocycles. The zero-order valence-electron chi connectivity index (χ0n) is 19.3. The third kappa shape index (κ3) is 5.20. The molecule has 0 saturated heterocycles. The molecule has 0 spiro atoms. The van der Waals surface area contributed by atoms with Crippen LogP contribution in [0.4, 0.5) is 13.2 Å². The zero-order chi connectivity index (χ0) is 25.9. The summed E-state index contributed by atoms with van der Waals surface area (Å²) in [6, 6.07) is 7.89. The Morgan fingerprint density at radius 2 is 1.92 bits per heavy atom. The number of benzene rings is 1. The molecule has 0 bridgehead atoms. The topological polar surface area (TPSA) is 110 Å². The Labute approximate surface area is 209 Å². The Morgan fingerprint density at radius 3 is 2.56 bits per heavy atom. The second-order valence-electron chi connectivity index (χ2n) is 8.55. The van der Waals surface area contributed by atoms with Crippen molar-refractivity contribution in [3.05, 3.63) is 57.6 Å². The molecule has 0 radical (unpaired) electrons. The number of nitrogens with one attached hydrogen (secondary N) is 2. The summed E-state index contributed by atoms with van der Waals surface area (Å²) in [6.45, 7) is -0.147. The molecular formula is C24H23ClF3N5O3. The van der Waals surface area contributed by atoms with Crippen LogP contribution >= 0.6 is 11.6 Å². The van der Waals surface area contributed by atoms with Crippen LogP contribution in [0.2, 0.25) is 5.02 Å². The largest absolute Gasteiger partial charge is 0.481 e. The van der Waals surface area contributed by atoms with Crippen molar-refractivity contribution in [1.29, 1.82) is 0 Å². The van der Waals surface area contributed by atoms with E-state index in [-0.39, 0.29) is 36.1 Å². The van der Waals surface area contributed by atoms with Crippen molar-refractivity contribution in [3.63, 3.8) is 0 Å². The average molecular weight is 522 g/mol. The van der Waals surface area contributed by atoms with E-state index in [1.807, 2.05) is 0 Å². The molecule has 0 unspecified atom stereocenters. The maximum absolute atomic E-state index is 13.8. The van der Waals surface area contributed by atoms with E-state index in [1.165, 1.54) is 19.4 Å². The molecule has 36 heavy (non-hydrogen) atoms. The number of hydrogen-bond donors (Lipinski definition) is 2. The summed E-state index contributed by atoms with van der Waals surface area (Å²) < 4.78 is 46.5. The summed E-state index contributed by atoms with van der Waals surface area (Å²) in [7, 11) is 1.47. The van der Waals surface area contributed by atoms with E-state index in [9.17, 15) is 22.8 Å². The number of hydrogen-bond acceptors (Lipinski definition) is 6. The molecule has 2 heterocycles. The van der Waals surface area contributed by atoms with Crippen LogP contribution in [-0.2, 0) is 11.3 Å². The number of halogens is 4. The van der Waals surface area contributed by atoms with Gasteiger partial charge >= 0.3 is 11.9 Å². The van der Waals surface area contributed by atoms with E-state index < -0.39 is 23.2 Å². The van der Waals surface area contributed by atoms with Crippen LogP contribution in [0.5, 0.6) is 5.88 Å². The molecule has 1 amide bonds. The first-order valence-electron chi connectivity index (χ1n) is 11.3. The van der Waals surface area contributed by atoms with Gasteiger partial charge in [-0.15, -0.1) is 0 Å². The van der Waals surface area contributed by atoms with Crippen LogP contribution < -0.4 is 15.7 Å². The number of aromatic amines is 1. The van der Waals surface area contributed by atoms with E-state index in [0.717, 1.165) is 0 Å². The molecule has 1 aromatic carbocycles. The minimum atomic E-state index is -4.63. The summed E-state index contributed by atoms with van der Waals surface area (Å²) in [5.41, 5.74) is -1.77. The second-order valence-corrected chi connectivity index (χ2v) is 8.96. The van der Waals surface area contributed by atoms with Crippen molar-refractivity contribution < 1.29 is 22.7 Å². The molecule has 3 aromatic rings. The smallest absolute Gasteiger partial charge is 0.403 e. The zero-order valence-corrected chi connectivity index (χ0v) is 20.0. The summed E-state index contributed by atoms with van der Waals surface area (Å²) in [6.07, 6.45) is -2.24. The molecule has 2 N–H and O–H groups in total. The predicted octanol–water partition coefficient (Wildman–Crippen LogP) is 4.68. The third-order valence-corrected chi connectivity index (χ3v) is 6.61. The molecular weight excluding hydrogens is 499 g/mol. The highest BCUT2D eigenvalue weighted by molar-refractivity contribution is 6.33. The van der Waals surface area contributed by atoms with Gasteiger partial charge in [0.2, 0.25) is 11.8 Å². The van der Waals surface area contributed by atoms with Crippen LogP contribution in [0, 0.1) is 5.41 Å². The summed E-state index contributed by atoms with van der Waals surface area (Å²) in [5.74, 6) is -0.445. The molecule has 1 aliphatic rings. The molecule has 1 saturated carbocycles. The number of rotatable bonds is 6. The number of nitrogens with zero attached hydrogens (tertiary/aromatic N) is 3. The number of methoxy groups -OCH3 is 1. The van der Waals surface area contributed by atoms with Crippen LogP contribution in [-0.4, -0.2) is 39.1 Å². The number of ether oxygens (including phenoxy) is 1. The lowest BCUT2D eigenvalue weighted by Gasteiger charge is -2.37. The van der Waals surface area contributed by atoms with E-state index in [2.05, 4.69) is 25.3 Å². The lowest BCUT2D eigenvalue weighted by atomic mass is 9.72. The summed E-state index contributed by atoms with van der Waals surface area (Å²) in [4.78, 5) is 39.8. The van der Waals surface area contributed by atoms with E-state index in [1.54, 1.807) is 24.3 Å². The van der Waals surface area contributed by atoms with Crippen molar-refractivity contribution >= 4 is 17.5 Å². The van der Waals surface area contributed by atoms with Gasteiger partial charge in [-0.05, 0) is 36.6 Å². The fraction of sp³-hybridized carbons (Fsp3) is 0.375. The molecule has 4 rings (SSSR count). The Bertz CT molecular complexity index is 1310. The van der Waals surface area contributed by atoms with Crippen LogP contribution in [0.25, 0.3) is 22.8 Å². The highest BCUT2D eigenvalue weighted by Crippen LogP contribution is 2.49. The van der Waals surface area contributed by atoms with Crippen LogP contribution in [0.15, 0.2) is 41.3 Å². The second kappa shape index (κ2) is 10.3. The van der Waals surface area contributed by atoms with Gasteiger partial charge in [-0.2, -0.15) is 18.2 Å². The fourth-order valence-electron chi connectivity index (χ4n) is 4.28.